The lowest BCUT2D eigenvalue weighted by atomic mass is 9.68. The smallest absolute Gasteiger partial charge is 0.175 e. The van der Waals surface area contributed by atoms with Gasteiger partial charge in [0.1, 0.15) is 0 Å². The van der Waals surface area contributed by atoms with E-state index in [0.29, 0.717) is 21.8 Å². The van der Waals surface area contributed by atoms with E-state index < -0.39 is 9.84 Å². The molecule has 0 radical (unpaired) electrons. The molecule has 0 spiro atoms. The van der Waals surface area contributed by atoms with Gasteiger partial charge in [-0.05, 0) is 60.3 Å². The van der Waals surface area contributed by atoms with Crippen LogP contribution in [0.3, 0.4) is 0 Å². The van der Waals surface area contributed by atoms with Crippen molar-refractivity contribution in [3.63, 3.8) is 0 Å². The van der Waals surface area contributed by atoms with Gasteiger partial charge in [0.2, 0.25) is 0 Å². The number of nitrogens with one attached hydrogen (secondary N) is 1. The lowest BCUT2D eigenvalue weighted by Crippen LogP contribution is -2.45. The van der Waals surface area contributed by atoms with Crippen molar-refractivity contribution >= 4 is 15.5 Å². The predicted octanol–water partition coefficient (Wildman–Crippen LogP) is 3.72. The molecule has 116 valence electrons. The highest BCUT2D eigenvalue weighted by Gasteiger charge is 2.59. The summed E-state index contributed by atoms with van der Waals surface area (Å²) in [5.74, 6) is 0.801. The molecule has 1 unspecified atom stereocenters. The van der Waals surface area contributed by atoms with Gasteiger partial charge < -0.3 is 5.32 Å². The normalized spacial score (nSPS) is 34.1. The Morgan fingerprint density at radius 2 is 1.76 bits per heavy atom. The lowest BCUT2D eigenvalue weighted by molar-refractivity contribution is 0.155. The van der Waals surface area contributed by atoms with Crippen LogP contribution in [0.25, 0.3) is 0 Å². The van der Waals surface area contributed by atoms with Gasteiger partial charge in [0, 0.05) is 18.0 Å². The fourth-order valence-electron chi connectivity index (χ4n) is 4.63. The van der Waals surface area contributed by atoms with Crippen molar-refractivity contribution in [3.05, 3.63) is 24.3 Å². The molecule has 2 saturated carbocycles. The Morgan fingerprint density at radius 3 is 2.24 bits per heavy atom. The molecule has 2 aliphatic carbocycles. The van der Waals surface area contributed by atoms with Crippen LogP contribution in [0.2, 0.25) is 0 Å². The first-order chi connectivity index (χ1) is 9.63. The maximum Gasteiger partial charge on any atom is 0.175 e. The number of hydrogen-bond donors (Lipinski definition) is 1. The average molecular weight is 307 g/mol. The summed E-state index contributed by atoms with van der Waals surface area (Å²) in [6.45, 7) is 7.12. The van der Waals surface area contributed by atoms with Crippen LogP contribution in [0.4, 0.5) is 5.69 Å². The molecule has 3 rings (SSSR count). The minimum atomic E-state index is -3.12. The van der Waals surface area contributed by atoms with Gasteiger partial charge in [-0.25, -0.2) is 8.42 Å². The van der Waals surface area contributed by atoms with Crippen molar-refractivity contribution in [2.24, 2.45) is 16.7 Å². The summed E-state index contributed by atoms with van der Waals surface area (Å²) in [6, 6.07) is 7.62. The van der Waals surface area contributed by atoms with E-state index in [2.05, 4.69) is 26.1 Å². The quantitative estimate of drug-likeness (QED) is 0.926. The van der Waals surface area contributed by atoms with E-state index in [0.717, 1.165) is 11.6 Å². The Balaban J connectivity index is 1.84. The van der Waals surface area contributed by atoms with E-state index in [-0.39, 0.29) is 0 Å². The molecule has 3 nitrogen and oxygen atoms in total. The predicted molar refractivity (Wildman–Crippen MR) is 86.2 cm³/mol. The van der Waals surface area contributed by atoms with Gasteiger partial charge in [-0.3, -0.25) is 0 Å². The summed E-state index contributed by atoms with van der Waals surface area (Å²) in [5, 5.41) is 3.69. The summed E-state index contributed by atoms with van der Waals surface area (Å²) in [7, 11) is -3.12. The number of rotatable bonds is 3. The van der Waals surface area contributed by atoms with Crippen LogP contribution in [-0.2, 0) is 9.84 Å². The van der Waals surface area contributed by atoms with Gasteiger partial charge in [0.15, 0.2) is 9.84 Å². The monoisotopic (exact) mass is 307 g/mol. The molecule has 3 atom stereocenters. The zero-order valence-corrected chi connectivity index (χ0v) is 14.1. The first-order valence-corrected chi connectivity index (χ1v) is 9.59. The molecular formula is C17H25NO2S. The summed E-state index contributed by atoms with van der Waals surface area (Å²) in [4.78, 5) is 0.381. The summed E-state index contributed by atoms with van der Waals surface area (Å²) in [6.07, 6.45) is 5.18. The van der Waals surface area contributed by atoms with Gasteiger partial charge >= 0.3 is 0 Å². The van der Waals surface area contributed by atoms with Crippen LogP contribution in [-0.4, -0.2) is 20.7 Å². The van der Waals surface area contributed by atoms with Gasteiger partial charge in [-0.2, -0.15) is 0 Å². The van der Waals surface area contributed by atoms with Crippen LogP contribution in [0.5, 0.6) is 0 Å². The molecule has 4 heteroatoms. The first-order valence-electron chi connectivity index (χ1n) is 7.70. The molecule has 2 bridgehead atoms. The third-order valence-electron chi connectivity index (χ3n) is 5.86. The summed E-state index contributed by atoms with van der Waals surface area (Å²) >= 11 is 0. The molecular weight excluding hydrogens is 282 g/mol. The van der Waals surface area contributed by atoms with Crippen molar-refractivity contribution in [3.8, 4) is 0 Å². The fourth-order valence-corrected chi connectivity index (χ4v) is 5.26. The van der Waals surface area contributed by atoms with Crippen molar-refractivity contribution in [2.45, 2.75) is 51.0 Å². The van der Waals surface area contributed by atoms with Crippen LogP contribution < -0.4 is 5.32 Å². The van der Waals surface area contributed by atoms with E-state index in [1.54, 1.807) is 12.1 Å². The molecule has 21 heavy (non-hydrogen) atoms. The zero-order valence-electron chi connectivity index (χ0n) is 13.3. The highest BCUT2D eigenvalue weighted by atomic mass is 32.2. The number of fused-ring (bicyclic) bond motifs is 2. The third kappa shape index (κ3) is 2.37. The molecule has 2 fully saturated rings. The van der Waals surface area contributed by atoms with Gasteiger partial charge in [-0.15, -0.1) is 0 Å². The molecule has 1 N–H and O–H groups in total. The van der Waals surface area contributed by atoms with E-state index in [9.17, 15) is 8.42 Å². The van der Waals surface area contributed by atoms with E-state index in [1.807, 2.05) is 12.1 Å². The van der Waals surface area contributed by atoms with Crippen molar-refractivity contribution in [1.29, 1.82) is 0 Å². The minimum absolute atomic E-state index is 0.294. The third-order valence-corrected chi connectivity index (χ3v) is 6.99. The Labute approximate surface area is 128 Å². The number of sulfone groups is 1. The maximum atomic E-state index is 11.5. The molecule has 2 aliphatic rings. The second-order valence-electron chi connectivity index (χ2n) is 7.79. The van der Waals surface area contributed by atoms with Crippen LogP contribution in [0, 0.1) is 16.7 Å². The molecule has 0 heterocycles. The Kier molecular flexibility index (Phi) is 3.18. The average Bonchev–Trinajstić information content (AvgIpc) is 2.85. The Morgan fingerprint density at radius 1 is 1.14 bits per heavy atom. The number of hydrogen-bond acceptors (Lipinski definition) is 3. The standard InChI is InChI=1S/C17H25NO2S/c1-16(2)12-9-10-17(3,11-12)15(16)18-13-5-7-14(8-6-13)21(4,19)20/h5-8,12,15,18H,9-11H2,1-4H3/t12-,15?,17+/m0/s1. The van der Waals surface area contributed by atoms with Crippen LogP contribution in [0.15, 0.2) is 29.2 Å². The molecule has 0 amide bonds. The highest BCUT2D eigenvalue weighted by Crippen LogP contribution is 2.63. The molecule has 0 aromatic heterocycles. The van der Waals surface area contributed by atoms with Gasteiger partial charge in [-0.1, -0.05) is 20.8 Å². The van der Waals surface area contributed by atoms with Crippen LogP contribution in [0.1, 0.15) is 40.0 Å². The number of benzene rings is 1. The first kappa shape index (κ1) is 14.9. The lowest BCUT2D eigenvalue weighted by Gasteiger charge is -2.43. The number of anilines is 1. The SMILES string of the molecule is CC1(C)C(Nc2ccc(S(C)(=O)=O)cc2)[C@]2(C)CC[C@H]1C2. The largest absolute Gasteiger partial charge is 0.381 e. The Hall–Kier alpha value is -1.03. The van der Waals surface area contributed by atoms with E-state index in [1.165, 1.54) is 25.5 Å². The van der Waals surface area contributed by atoms with Crippen LogP contribution >= 0.6 is 0 Å². The van der Waals surface area contributed by atoms with E-state index >= 15 is 0 Å². The maximum absolute atomic E-state index is 11.5. The van der Waals surface area contributed by atoms with E-state index in [4.69, 9.17) is 0 Å². The molecule has 0 aliphatic heterocycles. The highest BCUT2D eigenvalue weighted by molar-refractivity contribution is 7.90. The summed E-state index contributed by atoms with van der Waals surface area (Å²) in [5.41, 5.74) is 1.68. The second kappa shape index (κ2) is 4.48. The fraction of sp³-hybridized carbons (Fsp3) is 0.647. The molecule has 1 aromatic carbocycles. The minimum Gasteiger partial charge on any atom is -0.381 e. The topological polar surface area (TPSA) is 46.2 Å². The van der Waals surface area contributed by atoms with Crippen molar-refractivity contribution in [2.75, 3.05) is 11.6 Å². The second-order valence-corrected chi connectivity index (χ2v) is 9.80. The Bertz CT molecular complexity index is 643. The summed E-state index contributed by atoms with van der Waals surface area (Å²) < 4.78 is 23.1. The molecule has 0 saturated heterocycles. The zero-order chi connectivity index (χ0) is 15.5. The van der Waals surface area contributed by atoms with Crippen molar-refractivity contribution < 1.29 is 8.42 Å². The van der Waals surface area contributed by atoms with Crippen molar-refractivity contribution in [1.82, 2.24) is 0 Å². The van der Waals surface area contributed by atoms with Gasteiger partial charge in [0.25, 0.3) is 0 Å². The van der Waals surface area contributed by atoms with Gasteiger partial charge in [0.05, 0.1) is 4.90 Å². The molecule has 1 aromatic rings.